The normalized spacial score (nSPS) is 13.1. The molecule has 1 rings (SSSR count). The summed E-state index contributed by atoms with van der Waals surface area (Å²) in [4.78, 5) is 23.4. The largest absolute Gasteiger partial charge is 0.462 e. The van der Waals surface area contributed by atoms with E-state index in [9.17, 15) is 14.7 Å². The van der Waals surface area contributed by atoms with Crippen LogP contribution in [0.4, 0.5) is 0 Å². The summed E-state index contributed by atoms with van der Waals surface area (Å²) >= 11 is 0. The maximum atomic E-state index is 11.7. The fourth-order valence-electron chi connectivity index (χ4n) is 1.87. The Kier molecular flexibility index (Phi) is 4.89. The summed E-state index contributed by atoms with van der Waals surface area (Å²) in [5.41, 5.74) is -0.581. The van der Waals surface area contributed by atoms with Crippen LogP contribution in [-0.4, -0.2) is 28.9 Å². The van der Waals surface area contributed by atoms with Crippen molar-refractivity contribution in [2.45, 2.75) is 33.7 Å². The number of esters is 1. The molecule has 0 aliphatic carbocycles. The minimum Gasteiger partial charge on any atom is -0.462 e. The minimum absolute atomic E-state index is 0.00736. The van der Waals surface area contributed by atoms with E-state index < -0.39 is 5.97 Å². The first-order chi connectivity index (χ1) is 8.81. The van der Waals surface area contributed by atoms with Crippen molar-refractivity contribution in [2.75, 3.05) is 13.2 Å². The first-order valence-electron chi connectivity index (χ1n) is 6.31. The summed E-state index contributed by atoms with van der Waals surface area (Å²) in [6.07, 6.45) is 3.03. The molecule has 1 atom stereocenters. The second-order valence-corrected chi connectivity index (χ2v) is 5.45. The van der Waals surface area contributed by atoms with Crippen LogP contribution in [0.15, 0.2) is 23.3 Å². The molecule has 0 saturated carbocycles. The summed E-state index contributed by atoms with van der Waals surface area (Å²) in [6, 6.07) is 1.10. The molecule has 1 aromatic heterocycles. The van der Waals surface area contributed by atoms with Gasteiger partial charge in [0.2, 0.25) is 0 Å². The highest BCUT2D eigenvalue weighted by atomic mass is 16.5. The number of hydrogen-bond donors (Lipinski definition) is 1. The third-order valence-electron chi connectivity index (χ3n) is 2.97. The Hall–Kier alpha value is -1.62. The van der Waals surface area contributed by atoms with Gasteiger partial charge in [0.25, 0.3) is 0 Å². The molecular weight excluding hydrogens is 246 g/mol. The van der Waals surface area contributed by atoms with Crippen LogP contribution >= 0.6 is 0 Å². The summed E-state index contributed by atoms with van der Waals surface area (Å²) < 4.78 is 6.54. The van der Waals surface area contributed by atoms with E-state index in [-0.39, 0.29) is 35.7 Å². The molecule has 0 aliphatic rings. The van der Waals surface area contributed by atoms with E-state index in [1.807, 2.05) is 20.8 Å². The number of aromatic nitrogens is 1. The van der Waals surface area contributed by atoms with Gasteiger partial charge < -0.3 is 14.4 Å². The van der Waals surface area contributed by atoms with Crippen LogP contribution in [0.2, 0.25) is 0 Å². The molecule has 5 heteroatoms. The van der Waals surface area contributed by atoms with Gasteiger partial charge in [0.05, 0.1) is 19.3 Å². The minimum atomic E-state index is -0.632. The Bertz CT molecular complexity index is 499. The van der Waals surface area contributed by atoms with E-state index in [2.05, 4.69) is 0 Å². The van der Waals surface area contributed by atoms with E-state index in [0.717, 1.165) is 0 Å². The van der Waals surface area contributed by atoms with Crippen LogP contribution < -0.4 is 5.43 Å². The molecule has 0 amide bonds. The summed E-state index contributed by atoms with van der Waals surface area (Å²) in [7, 11) is 0. The van der Waals surface area contributed by atoms with Crippen molar-refractivity contribution in [1.82, 2.24) is 4.57 Å². The van der Waals surface area contributed by atoms with Crippen LogP contribution in [0.5, 0.6) is 0 Å². The molecular formula is C14H21NO4. The van der Waals surface area contributed by atoms with E-state index in [1.165, 1.54) is 12.3 Å². The number of ether oxygens (including phenoxy) is 1. The van der Waals surface area contributed by atoms with E-state index in [4.69, 9.17) is 4.74 Å². The molecule has 0 radical (unpaired) electrons. The molecule has 0 aromatic carbocycles. The van der Waals surface area contributed by atoms with Gasteiger partial charge in [-0.1, -0.05) is 20.8 Å². The molecule has 0 spiro atoms. The van der Waals surface area contributed by atoms with Gasteiger partial charge in [0, 0.05) is 18.5 Å². The van der Waals surface area contributed by atoms with Crippen molar-refractivity contribution in [2.24, 2.45) is 5.41 Å². The average Bonchev–Trinajstić information content (AvgIpc) is 2.30. The number of carbonyl (C=O) groups excluding carboxylic acids is 1. The van der Waals surface area contributed by atoms with Crippen LogP contribution in [0, 0.1) is 5.41 Å². The highest BCUT2D eigenvalue weighted by Crippen LogP contribution is 2.29. The van der Waals surface area contributed by atoms with Crippen LogP contribution in [-0.2, 0) is 4.74 Å². The zero-order chi connectivity index (χ0) is 14.6. The van der Waals surface area contributed by atoms with Crippen LogP contribution in [0.25, 0.3) is 0 Å². The second-order valence-electron chi connectivity index (χ2n) is 5.45. The first-order valence-corrected chi connectivity index (χ1v) is 6.31. The molecule has 5 nitrogen and oxygen atoms in total. The smallest absolute Gasteiger partial charge is 0.343 e. The van der Waals surface area contributed by atoms with Crippen molar-refractivity contribution in [3.05, 3.63) is 34.2 Å². The van der Waals surface area contributed by atoms with Gasteiger partial charge in [-0.15, -0.1) is 0 Å². The number of pyridine rings is 1. The molecule has 0 unspecified atom stereocenters. The third-order valence-corrected chi connectivity index (χ3v) is 2.97. The molecule has 1 heterocycles. The Balaban J connectivity index is 3.22. The lowest BCUT2D eigenvalue weighted by Gasteiger charge is -2.31. The fourth-order valence-corrected chi connectivity index (χ4v) is 1.87. The van der Waals surface area contributed by atoms with Gasteiger partial charge in [0.1, 0.15) is 5.56 Å². The molecule has 106 valence electrons. The molecule has 1 N–H and O–H groups in total. The third kappa shape index (κ3) is 3.67. The summed E-state index contributed by atoms with van der Waals surface area (Å²) in [6.45, 7) is 7.78. The average molecular weight is 267 g/mol. The quantitative estimate of drug-likeness (QED) is 0.841. The summed E-state index contributed by atoms with van der Waals surface area (Å²) in [5.74, 6) is -0.632. The van der Waals surface area contributed by atoms with Gasteiger partial charge in [-0.3, -0.25) is 4.79 Å². The fraction of sp³-hybridized carbons (Fsp3) is 0.571. The van der Waals surface area contributed by atoms with Crippen molar-refractivity contribution in [1.29, 1.82) is 0 Å². The molecule has 0 bridgehead atoms. The molecule has 0 aliphatic heterocycles. The standard InChI is InChI=1S/C14H21NO4/c1-5-19-13(18)10-8-15(7-6-11(10)17)12(9-16)14(2,3)4/h6-8,12,16H,5,9H2,1-4H3/t12-/m0/s1. The lowest BCUT2D eigenvalue weighted by molar-refractivity contribution is 0.0521. The van der Waals surface area contributed by atoms with Crippen LogP contribution in [0.3, 0.4) is 0 Å². The highest BCUT2D eigenvalue weighted by Gasteiger charge is 2.25. The SMILES string of the molecule is CCOC(=O)c1cn([C@@H](CO)C(C)(C)C)ccc1=O. The summed E-state index contributed by atoms with van der Waals surface area (Å²) in [5, 5.41) is 9.50. The predicted molar refractivity (Wildman–Crippen MR) is 72.2 cm³/mol. The van der Waals surface area contributed by atoms with Gasteiger partial charge in [-0.05, 0) is 12.3 Å². The van der Waals surface area contributed by atoms with Crippen molar-refractivity contribution in [3.8, 4) is 0 Å². The number of rotatable bonds is 4. The zero-order valence-corrected chi connectivity index (χ0v) is 11.8. The van der Waals surface area contributed by atoms with E-state index in [1.54, 1.807) is 17.7 Å². The van der Waals surface area contributed by atoms with Gasteiger partial charge >= 0.3 is 5.97 Å². The molecule has 0 fully saturated rings. The highest BCUT2D eigenvalue weighted by molar-refractivity contribution is 5.88. The molecule has 1 aromatic rings. The van der Waals surface area contributed by atoms with Gasteiger partial charge in [0.15, 0.2) is 5.43 Å². The number of carbonyl (C=O) groups is 1. The number of nitrogens with zero attached hydrogens (tertiary/aromatic N) is 1. The van der Waals surface area contributed by atoms with Crippen molar-refractivity contribution >= 4 is 5.97 Å². The van der Waals surface area contributed by atoms with E-state index >= 15 is 0 Å². The molecule has 19 heavy (non-hydrogen) atoms. The number of aliphatic hydroxyl groups is 1. The van der Waals surface area contributed by atoms with Gasteiger partial charge in [-0.25, -0.2) is 4.79 Å². The topological polar surface area (TPSA) is 68.5 Å². The lowest BCUT2D eigenvalue weighted by atomic mass is 9.87. The number of hydrogen-bond acceptors (Lipinski definition) is 4. The Labute approximate surface area is 112 Å². The van der Waals surface area contributed by atoms with Gasteiger partial charge in [-0.2, -0.15) is 0 Å². The maximum Gasteiger partial charge on any atom is 0.343 e. The Morgan fingerprint density at radius 1 is 1.47 bits per heavy atom. The first kappa shape index (κ1) is 15.4. The lowest BCUT2D eigenvalue weighted by Crippen LogP contribution is -2.29. The Morgan fingerprint density at radius 2 is 2.11 bits per heavy atom. The van der Waals surface area contributed by atoms with Crippen molar-refractivity contribution < 1.29 is 14.6 Å². The molecule has 0 saturated heterocycles. The van der Waals surface area contributed by atoms with Crippen molar-refractivity contribution in [3.63, 3.8) is 0 Å². The van der Waals surface area contributed by atoms with E-state index in [0.29, 0.717) is 0 Å². The Morgan fingerprint density at radius 3 is 2.58 bits per heavy atom. The second kappa shape index (κ2) is 6.02. The zero-order valence-electron chi connectivity index (χ0n) is 11.8. The van der Waals surface area contributed by atoms with Crippen LogP contribution in [0.1, 0.15) is 44.1 Å². The monoisotopic (exact) mass is 267 g/mol. The predicted octanol–water partition coefficient (Wildman–Crippen LogP) is 1.60. The maximum absolute atomic E-state index is 11.7. The number of aliphatic hydroxyl groups excluding tert-OH is 1.